The van der Waals surface area contributed by atoms with E-state index in [1.165, 1.54) is 13.2 Å². The first-order valence-corrected chi connectivity index (χ1v) is 5.30. The zero-order valence-electron chi connectivity index (χ0n) is 9.86. The number of phenols is 1. The minimum Gasteiger partial charge on any atom is -0.507 e. The van der Waals surface area contributed by atoms with Crippen LogP contribution in [0, 0.1) is 0 Å². The van der Waals surface area contributed by atoms with Crippen LogP contribution in [0.25, 0.3) is 0 Å². The number of carbonyl (C=O) groups is 1. The van der Waals surface area contributed by atoms with E-state index in [-0.39, 0.29) is 11.7 Å². The third-order valence-electron chi connectivity index (χ3n) is 2.49. The van der Waals surface area contributed by atoms with Crippen LogP contribution in [0.1, 0.15) is 24.2 Å². The summed E-state index contributed by atoms with van der Waals surface area (Å²) in [5.74, 6) is 0.329. The molecule has 0 atom stereocenters. The SMILES string of the molecule is CCN(CC)C(=O)c1ccc(OC)cc1O. The van der Waals surface area contributed by atoms with Crippen LogP contribution in [0.4, 0.5) is 0 Å². The van der Waals surface area contributed by atoms with Crippen molar-refractivity contribution in [1.82, 2.24) is 4.90 Å². The lowest BCUT2D eigenvalue weighted by atomic mass is 10.1. The molecule has 0 aliphatic heterocycles. The van der Waals surface area contributed by atoms with Crippen molar-refractivity contribution in [2.75, 3.05) is 20.2 Å². The zero-order chi connectivity index (χ0) is 12.1. The van der Waals surface area contributed by atoms with E-state index in [0.29, 0.717) is 24.4 Å². The Morgan fingerprint density at radius 1 is 1.38 bits per heavy atom. The molecule has 1 amide bonds. The predicted molar refractivity (Wildman–Crippen MR) is 61.9 cm³/mol. The minimum atomic E-state index is -0.162. The van der Waals surface area contributed by atoms with E-state index in [2.05, 4.69) is 0 Å². The standard InChI is InChI=1S/C12H17NO3/c1-4-13(5-2)12(15)10-7-6-9(16-3)8-11(10)14/h6-8,14H,4-5H2,1-3H3. The fourth-order valence-electron chi connectivity index (χ4n) is 1.50. The topological polar surface area (TPSA) is 49.8 Å². The first kappa shape index (κ1) is 12.4. The van der Waals surface area contributed by atoms with E-state index >= 15 is 0 Å². The molecule has 0 spiro atoms. The Balaban J connectivity index is 3.00. The Kier molecular flexibility index (Phi) is 4.17. The number of nitrogens with zero attached hydrogens (tertiary/aromatic N) is 1. The fourth-order valence-corrected chi connectivity index (χ4v) is 1.50. The van der Waals surface area contributed by atoms with Gasteiger partial charge in [0.1, 0.15) is 11.5 Å². The normalized spacial score (nSPS) is 9.94. The molecular weight excluding hydrogens is 206 g/mol. The minimum absolute atomic E-state index is 0.0451. The Morgan fingerprint density at radius 2 is 2.00 bits per heavy atom. The highest BCUT2D eigenvalue weighted by atomic mass is 16.5. The van der Waals surface area contributed by atoms with Gasteiger partial charge >= 0.3 is 0 Å². The number of aromatic hydroxyl groups is 1. The molecule has 0 heterocycles. The Hall–Kier alpha value is -1.71. The van der Waals surface area contributed by atoms with Crippen molar-refractivity contribution >= 4 is 5.91 Å². The second-order valence-corrected chi connectivity index (χ2v) is 3.36. The number of benzene rings is 1. The molecule has 0 unspecified atom stereocenters. The first-order valence-electron chi connectivity index (χ1n) is 5.30. The van der Waals surface area contributed by atoms with Crippen LogP contribution in [-0.4, -0.2) is 36.1 Å². The summed E-state index contributed by atoms with van der Waals surface area (Å²) < 4.78 is 4.96. The average molecular weight is 223 g/mol. The number of methoxy groups -OCH3 is 1. The van der Waals surface area contributed by atoms with Gasteiger partial charge in [0, 0.05) is 19.2 Å². The quantitative estimate of drug-likeness (QED) is 0.847. The lowest BCUT2D eigenvalue weighted by Crippen LogP contribution is -2.30. The second-order valence-electron chi connectivity index (χ2n) is 3.36. The molecule has 1 aromatic rings. The van der Waals surface area contributed by atoms with Crippen molar-refractivity contribution in [3.8, 4) is 11.5 Å². The summed E-state index contributed by atoms with van der Waals surface area (Å²) in [6.07, 6.45) is 0. The smallest absolute Gasteiger partial charge is 0.257 e. The highest BCUT2D eigenvalue weighted by molar-refractivity contribution is 5.97. The van der Waals surface area contributed by atoms with Gasteiger partial charge in [-0.1, -0.05) is 0 Å². The lowest BCUT2D eigenvalue weighted by molar-refractivity contribution is 0.0770. The van der Waals surface area contributed by atoms with E-state index in [1.807, 2.05) is 13.8 Å². The van der Waals surface area contributed by atoms with Crippen LogP contribution in [-0.2, 0) is 0 Å². The van der Waals surface area contributed by atoms with E-state index in [0.717, 1.165) is 0 Å². The largest absolute Gasteiger partial charge is 0.507 e. The lowest BCUT2D eigenvalue weighted by Gasteiger charge is -2.19. The second kappa shape index (κ2) is 5.39. The Labute approximate surface area is 95.5 Å². The van der Waals surface area contributed by atoms with E-state index in [9.17, 15) is 9.90 Å². The van der Waals surface area contributed by atoms with Crippen molar-refractivity contribution in [3.63, 3.8) is 0 Å². The molecule has 88 valence electrons. The summed E-state index contributed by atoms with van der Waals surface area (Å²) in [7, 11) is 1.51. The van der Waals surface area contributed by atoms with Gasteiger partial charge in [-0.25, -0.2) is 0 Å². The maximum absolute atomic E-state index is 12.0. The summed E-state index contributed by atoms with van der Waals surface area (Å²) >= 11 is 0. The molecule has 1 N–H and O–H groups in total. The van der Waals surface area contributed by atoms with Gasteiger partial charge < -0.3 is 14.7 Å². The third kappa shape index (κ3) is 2.45. The molecule has 0 aliphatic rings. The van der Waals surface area contributed by atoms with Crippen LogP contribution in [0.3, 0.4) is 0 Å². The summed E-state index contributed by atoms with van der Waals surface area (Å²) in [5.41, 5.74) is 0.310. The molecule has 4 heteroatoms. The number of hydrogen-bond acceptors (Lipinski definition) is 3. The van der Waals surface area contributed by atoms with Crippen LogP contribution < -0.4 is 4.74 Å². The fraction of sp³-hybridized carbons (Fsp3) is 0.417. The van der Waals surface area contributed by atoms with Gasteiger partial charge in [-0.2, -0.15) is 0 Å². The molecule has 0 radical (unpaired) electrons. The van der Waals surface area contributed by atoms with Crippen molar-refractivity contribution in [1.29, 1.82) is 0 Å². The van der Waals surface area contributed by atoms with Gasteiger partial charge in [0.15, 0.2) is 0 Å². The number of phenolic OH excluding ortho intramolecular Hbond substituents is 1. The van der Waals surface area contributed by atoms with Gasteiger partial charge in [0.05, 0.1) is 12.7 Å². The van der Waals surface area contributed by atoms with Gasteiger partial charge in [0.25, 0.3) is 5.91 Å². The van der Waals surface area contributed by atoms with Crippen LogP contribution in [0.2, 0.25) is 0 Å². The van der Waals surface area contributed by atoms with Gasteiger partial charge in [0.2, 0.25) is 0 Å². The monoisotopic (exact) mass is 223 g/mol. The van der Waals surface area contributed by atoms with E-state index < -0.39 is 0 Å². The Bertz CT molecular complexity index is 373. The third-order valence-corrected chi connectivity index (χ3v) is 2.49. The molecule has 0 aromatic heterocycles. The molecular formula is C12H17NO3. The van der Waals surface area contributed by atoms with Crippen molar-refractivity contribution in [3.05, 3.63) is 23.8 Å². The van der Waals surface area contributed by atoms with Crippen LogP contribution in [0.5, 0.6) is 11.5 Å². The molecule has 0 fully saturated rings. The number of carbonyl (C=O) groups excluding carboxylic acids is 1. The highest BCUT2D eigenvalue weighted by Gasteiger charge is 2.16. The maximum atomic E-state index is 12.0. The predicted octanol–water partition coefficient (Wildman–Crippen LogP) is 1.88. The molecule has 0 saturated carbocycles. The van der Waals surface area contributed by atoms with Gasteiger partial charge in [-0.05, 0) is 26.0 Å². The zero-order valence-corrected chi connectivity index (χ0v) is 9.86. The van der Waals surface area contributed by atoms with Crippen molar-refractivity contribution in [2.24, 2.45) is 0 Å². The summed E-state index contributed by atoms with van der Waals surface area (Å²) in [5, 5.41) is 9.71. The average Bonchev–Trinajstić information content (AvgIpc) is 2.30. The molecule has 0 aliphatic carbocycles. The van der Waals surface area contributed by atoms with Crippen LogP contribution >= 0.6 is 0 Å². The van der Waals surface area contributed by atoms with Crippen LogP contribution in [0.15, 0.2) is 18.2 Å². The summed E-state index contributed by atoms with van der Waals surface area (Å²) in [4.78, 5) is 13.6. The number of hydrogen-bond donors (Lipinski definition) is 1. The molecule has 0 saturated heterocycles. The maximum Gasteiger partial charge on any atom is 0.257 e. The molecule has 4 nitrogen and oxygen atoms in total. The molecule has 16 heavy (non-hydrogen) atoms. The first-order chi connectivity index (χ1) is 7.63. The van der Waals surface area contributed by atoms with Crippen molar-refractivity contribution < 1.29 is 14.6 Å². The number of ether oxygens (including phenoxy) is 1. The molecule has 1 aromatic carbocycles. The number of rotatable bonds is 4. The van der Waals surface area contributed by atoms with E-state index in [4.69, 9.17) is 4.74 Å². The van der Waals surface area contributed by atoms with E-state index in [1.54, 1.807) is 17.0 Å². The summed E-state index contributed by atoms with van der Waals surface area (Å²) in [6.45, 7) is 5.06. The molecule has 1 rings (SSSR count). The Morgan fingerprint density at radius 3 is 2.44 bits per heavy atom. The van der Waals surface area contributed by atoms with Gasteiger partial charge in [-0.3, -0.25) is 4.79 Å². The summed E-state index contributed by atoms with van der Waals surface area (Å²) in [6, 6.07) is 4.68. The van der Waals surface area contributed by atoms with Crippen molar-refractivity contribution in [2.45, 2.75) is 13.8 Å². The molecule has 0 bridgehead atoms. The van der Waals surface area contributed by atoms with Gasteiger partial charge in [-0.15, -0.1) is 0 Å². The highest BCUT2D eigenvalue weighted by Crippen LogP contribution is 2.24. The number of amides is 1.